The van der Waals surface area contributed by atoms with E-state index in [1.165, 1.54) is 12.3 Å². The first kappa shape index (κ1) is 12.2. The summed E-state index contributed by atoms with van der Waals surface area (Å²) in [5.74, 6) is -2.84. The van der Waals surface area contributed by atoms with Crippen molar-refractivity contribution in [1.29, 1.82) is 5.41 Å². The molecular formula is C10H11F2N3O. The third kappa shape index (κ3) is 3.38. The lowest BCUT2D eigenvalue weighted by molar-refractivity contribution is 0.0367. The Morgan fingerprint density at radius 3 is 2.81 bits per heavy atom. The maximum absolute atomic E-state index is 12.6. The smallest absolute Gasteiger partial charge is 0.262 e. The van der Waals surface area contributed by atoms with Gasteiger partial charge in [0.1, 0.15) is 5.69 Å². The van der Waals surface area contributed by atoms with Crippen LogP contribution < -0.4 is 5.32 Å². The summed E-state index contributed by atoms with van der Waals surface area (Å²) in [7, 11) is 0. The SMILES string of the molecule is CC(F)(F)CNc1cnc(C=O)cc1C=N. The first-order valence-corrected chi connectivity index (χ1v) is 4.53. The van der Waals surface area contributed by atoms with Crippen molar-refractivity contribution < 1.29 is 13.6 Å². The zero-order valence-electron chi connectivity index (χ0n) is 8.63. The highest BCUT2D eigenvalue weighted by molar-refractivity contribution is 5.88. The van der Waals surface area contributed by atoms with E-state index < -0.39 is 12.5 Å². The summed E-state index contributed by atoms with van der Waals surface area (Å²) in [5.41, 5.74) is 0.816. The van der Waals surface area contributed by atoms with Gasteiger partial charge in [-0.1, -0.05) is 0 Å². The summed E-state index contributed by atoms with van der Waals surface area (Å²) in [6.45, 7) is 0.243. The number of carbonyl (C=O) groups excluding carboxylic acids is 1. The molecule has 0 bridgehead atoms. The molecule has 0 saturated carbocycles. The number of nitrogens with zero attached hydrogens (tertiary/aromatic N) is 1. The number of nitrogens with one attached hydrogen (secondary N) is 2. The molecule has 1 aromatic rings. The molecule has 6 heteroatoms. The predicted octanol–water partition coefficient (Wildman–Crippen LogP) is 1.96. The highest BCUT2D eigenvalue weighted by Crippen LogP contribution is 2.16. The van der Waals surface area contributed by atoms with Gasteiger partial charge in [-0.25, -0.2) is 8.78 Å². The Morgan fingerprint density at radius 2 is 2.31 bits per heavy atom. The molecule has 0 aromatic carbocycles. The molecule has 0 radical (unpaired) electrons. The largest absolute Gasteiger partial charge is 0.377 e. The number of carbonyl (C=O) groups is 1. The molecule has 0 aliphatic carbocycles. The molecule has 2 N–H and O–H groups in total. The molecule has 0 fully saturated rings. The molecule has 1 aromatic heterocycles. The molecule has 0 saturated heterocycles. The first-order chi connectivity index (χ1) is 7.46. The van der Waals surface area contributed by atoms with Crippen LogP contribution in [0.4, 0.5) is 14.5 Å². The molecule has 86 valence electrons. The van der Waals surface area contributed by atoms with E-state index in [0.717, 1.165) is 13.1 Å². The summed E-state index contributed by atoms with van der Waals surface area (Å²) in [6, 6.07) is 1.36. The van der Waals surface area contributed by atoms with Gasteiger partial charge in [-0.3, -0.25) is 9.78 Å². The molecule has 1 rings (SSSR count). The van der Waals surface area contributed by atoms with Crippen LogP contribution in [0.5, 0.6) is 0 Å². The average Bonchev–Trinajstić information content (AvgIpc) is 2.25. The number of hydrogen-bond donors (Lipinski definition) is 2. The van der Waals surface area contributed by atoms with Crippen molar-refractivity contribution in [2.75, 3.05) is 11.9 Å². The van der Waals surface area contributed by atoms with E-state index in [2.05, 4.69) is 10.3 Å². The third-order valence-electron chi connectivity index (χ3n) is 1.82. The van der Waals surface area contributed by atoms with E-state index in [9.17, 15) is 13.6 Å². The van der Waals surface area contributed by atoms with Crippen LogP contribution in [0.2, 0.25) is 0 Å². The Hall–Kier alpha value is -1.85. The van der Waals surface area contributed by atoms with Crippen LogP contribution in [0, 0.1) is 5.41 Å². The molecule has 0 unspecified atom stereocenters. The van der Waals surface area contributed by atoms with E-state index in [1.807, 2.05) is 0 Å². The number of aldehydes is 1. The van der Waals surface area contributed by atoms with E-state index in [1.54, 1.807) is 0 Å². The Morgan fingerprint density at radius 1 is 1.62 bits per heavy atom. The van der Waals surface area contributed by atoms with Gasteiger partial charge in [0.2, 0.25) is 0 Å². The summed E-state index contributed by atoms with van der Waals surface area (Å²) >= 11 is 0. The zero-order valence-corrected chi connectivity index (χ0v) is 8.63. The van der Waals surface area contributed by atoms with Crippen molar-refractivity contribution in [3.63, 3.8) is 0 Å². The van der Waals surface area contributed by atoms with Crippen molar-refractivity contribution in [2.24, 2.45) is 0 Å². The maximum atomic E-state index is 12.6. The van der Waals surface area contributed by atoms with Gasteiger partial charge in [-0.15, -0.1) is 0 Å². The average molecular weight is 227 g/mol. The van der Waals surface area contributed by atoms with Gasteiger partial charge >= 0.3 is 0 Å². The second-order valence-electron chi connectivity index (χ2n) is 3.38. The molecule has 0 aliphatic rings. The Kier molecular flexibility index (Phi) is 3.65. The Bertz CT molecular complexity index is 402. The van der Waals surface area contributed by atoms with E-state index in [0.29, 0.717) is 17.5 Å². The Balaban J connectivity index is 2.88. The van der Waals surface area contributed by atoms with Gasteiger partial charge in [0.05, 0.1) is 18.4 Å². The second-order valence-corrected chi connectivity index (χ2v) is 3.38. The number of pyridine rings is 1. The van der Waals surface area contributed by atoms with Crippen LogP contribution >= 0.6 is 0 Å². The quantitative estimate of drug-likeness (QED) is 0.597. The fourth-order valence-electron chi connectivity index (χ4n) is 1.07. The van der Waals surface area contributed by atoms with E-state index >= 15 is 0 Å². The van der Waals surface area contributed by atoms with Crippen LogP contribution in [0.15, 0.2) is 12.3 Å². The molecule has 0 aliphatic heterocycles. The van der Waals surface area contributed by atoms with Crippen molar-refractivity contribution >= 4 is 18.2 Å². The summed E-state index contributed by atoms with van der Waals surface area (Å²) in [6.07, 6.45) is 2.77. The van der Waals surface area contributed by atoms with Crippen molar-refractivity contribution in [3.05, 3.63) is 23.5 Å². The molecule has 0 amide bonds. The summed E-state index contributed by atoms with van der Waals surface area (Å²) in [5, 5.41) is 9.57. The normalized spacial score (nSPS) is 10.9. The lowest BCUT2D eigenvalue weighted by Crippen LogP contribution is -2.23. The second kappa shape index (κ2) is 4.78. The minimum Gasteiger partial charge on any atom is -0.377 e. The minimum absolute atomic E-state index is 0.160. The number of hydrogen-bond acceptors (Lipinski definition) is 4. The van der Waals surface area contributed by atoms with Crippen LogP contribution in [-0.4, -0.2) is 30.0 Å². The highest BCUT2D eigenvalue weighted by atomic mass is 19.3. The van der Waals surface area contributed by atoms with Gasteiger partial charge in [0, 0.05) is 18.7 Å². The van der Waals surface area contributed by atoms with Gasteiger partial charge < -0.3 is 10.7 Å². The van der Waals surface area contributed by atoms with E-state index in [4.69, 9.17) is 5.41 Å². The van der Waals surface area contributed by atoms with Gasteiger partial charge in [-0.2, -0.15) is 0 Å². The number of rotatable bonds is 5. The highest BCUT2D eigenvalue weighted by Gasteiger charge is 2.20. The standard InChI is InChI=1S/C10H11F2N3O/c1-10(11,12)6-15-9-4-14-8(5-16)2-7(9)3-13/h2-5,13,15H,6H2,1H3. The monoisotopic (exact) mass is 227 g/mol. The summed E-state index contributed by atoms with van der Waals surface area (Å²) in [4.78, 5) is 14.2. The number of alkyl halides is 2. The fraction of sp³-hybridized carbons (Fsp3) is 0.300. The van der Waals surface area contributed by atoms with Crippen molar-refractivity contribution in [2.45, 2.75) is 12.8 Å². The lowest BCUT2D eigenvalue weighted by Gasteiger charge is -2.13. The molecule has 4 nitrogen and oxygen atoms in total. The van der Waals surface area contributed by atoms with E-state index in [-0.39, 0.29) is 5.69 Å². The number of anilines is 1. The first-order valence-electron chi connectivity index (χ1n) is 4.53. The molecule has 0 atom stereocenters. The number of aromatic nitrogens is 1. The fourth-order valence-corrected chi connectivity index (χ4v) is 1.07. The summed E-state index contributed by atoms with van der Waals surface area (Å²) < 4.78 is 25.2. The van der Waals surface area contributed by atoms with Crippen LogP contribution in [-0.2, 0) is 0 Å². The van der Waals surface area contributed by atoms with Crippen molar-refractivity contribution in [1.82, 2.24) is 4.98 Å². The molecule has 16 heavy (non-hydrogen) atoms. The third-order valence-corrected chi connectivity index (χ3v) is 1.82. The van der Waals surface area contributed by atoms with Gasteiger partial charge in [0.15, 0.2) is 6.29 Å². The topological polar surface area (TPSA) is 65.8 Å². The maximum Gasteiger partial charge on any atom is 0.262 e. The van der Waals surface area contributed by atoms with Gasteiger partial charge in [-0.05, 0) is 6.07 Å². The minimum atomic E-state index is -2.84. The van der Waals surface area contributed by atoms with Crippen LogP contribution in [0.25, 0.3) is 0 Å². The van der Waals surface area contributed by atoms with Gasteiger partial charge in [0.25, 0.3) is 5.92 Å². The van der Waals surface area contributed by atoms with Crippen LogP contribution in [0.3, 0.4) is 0 Å². The Labute approximate surface area is 91.2 Å². The zero-order chi connectivity index (χ0) is 12.2. The predicted molar refractivity (Wildman–Crippen MR) is 56.6 cm³/mol. The molecule has 1 heterocycles. The van der Waals surface area contributed by atoms with Crippen molar-refractivity contribution in [3.8, 4) is 0 Å². The molecular weight excluding hydrogens is 216 g/mol. The van der Waals surface area contributed by atoms with Crippen LogP contribution in [0.1, 0.15) is 23.0 Å². The lowest BCUT2D eigenvalue weighted by atomic mass is 10.2. The molecule has 0 spiro atoms. The number of halogens is 2.